The summed E-state index contributed by atoms with van der Waals surface area (Å²) in [5.41, 5.74) is 8.14. The molecule has 0 amide bonds. The number of benzene rings is 2. The van der Waals surface area contributed by atoms with Crippen molar-refractivity contribution in [3.8, 4) is 0 Å². The lowest BCUT2D eigenvalue weighted by atomic mass is 10.2. The van der Waals surface area contributed by atoms with Crippen molar-refractivity contribution in [2.24, 2.45) is 0 Å². The molecule has 1 aromatic heterocycles. The summed E-state index contributed by atoms with van der Waals surface area (Å²) in [5.74, 6) is -0.187. The highest BCUT2D eigenvalue weighted by atomic mass is 19.1. The standard InChI is InChI=1S/C15H13FN2/c16-14-3-1-2-12-8-9-18(15(12)14)10-11-4-6-13(17)7-5-11/h1-9H,10,17H2. The van der Waals surface area contributed by atoms with Gasteiger partial charge in [0.1, 0.15) is 5.82 Å². The maximum absolute atomic E-state index is 13.8. The highest BCUT2D eigenvalue weighted by Gasteiger charge is 2.06. The number of fused-ring (bicyclic) bond motifs is 1. The molecule has 18 heavy (non-hydrogen) atoms. The van der Waals surface area contributed by atoms with Gasteiger partial charge < -0.3 is 10.3 Å². The van der Waals surface area contributed by atoms with Crippen LogP contribution in [0.3, 0.4) is 0 Å². The third-order valence-corrected chi connectivity index (χ3v) is 3.07. The van der Waals surface area contributed by atoms with Crippen LogP contribution in [0.2, 0.25) is 0 Å². The number of aromatic nitrogens is 1. The van der Waals surface area contributed by atoms with Crippen LogP contribution in [-0.4, -0.2) is 4.57 Å². The van der Waals surface area contributed by atoms with Gasteiger partial charge in [-0.15, -0.1) is 0 Å². The molecule has 0 saturated carbocycles. The Hall–Kier alpha value is -2.29. The van der Waals surface area contributed by atoms with Crippen LogP contribution in [0, 0.1) is 5.82 Å². The van der Waals surface area contributed by atoms with Crippen LogP contribution in [0.1, 0.15) is 5.56 Å². The Morgan fingerprint density at radius 2 is 1.78 bits per heavy atom. The first kappa shape index (κ1) is 10.8. The molecule has 2 aromatic carbocycles. The first-order chi connectivity index (χ1) is 8.74. The zero-order chi connectivity index (χ0) is 12.5. The van der Waals surface area contributed by atoms with Gasteiger partial charge in [-0.3, -0.25) is 0 Å². The number of halogens is 1. The second kappa shape index (κ2) is 4.18. The fourth-order valence-electron chi connectivity index (χ4n) is 2.17. The highest BCUT2D eigenvalue weighted by Crippen LogP contribution is 2.20. The van der Waals surface area contributed by atoms with Gasteiger partial charge in [0.25, 0.3) is 0 Å². The third-order valence-electron chi connectivity index (χ3n) is 3.07. The summed E-state index contributed by atoms with van der Waals surface area (Å²) < 4.78 is 15.7. The van der Waals surface area contributed by atoms with E-state index in [1.54, 1.807) is 6.07 Å². The van der Waals surface area contributed by atoms with Crippen LogP contribution in [-0.2, 0) is 6.54 Å². The van der Waals surface area contributed by atoms with Crippen molar-refractivity contribution in [3.63, 3.8) is 0 Å². The molecule has 0 unspecified atom stereocenters. The molecule has 0 spiro atoms. The number of rotatable bonds is 2. The van der Waals surface area contributed by atoms with E-state index in [4.69, 9.17) is 5.73 Å². The van der Waals surface area contributed by atoms with E-state index in [1.165, 1.54) is 6.07 Å². The first-order valence-corrected chi connectivity index (χ1v) is 5.82. The van der Waals surface area contributed by atoms with Gasteiger partial charge in [0.2, 0.25) is 0 Å². The molecule has 0 radical (unpaired) electrons. The summed E-state index contributed by atoms with van der Waals surface area (Å²) in [5, 5.41) is 0.922. The van der Waals surface area contributed by atoms with E-state index in [0.29, 0.717) is 12.1 Å². The number of nitrogens with zero attached hydrogens (tertiary/aromatic N) is 1. The van der Waals surface area contributed by atoms with E-state index in [2.05, 4.69) is 0 Å². The Balaban J connectivity index is 2.02. The molecule has 0 saturated heterocycles. The van der Waals surface area contributed by atoms with E-state index >= 15 is 0 Å². The molecule has 90 valence electrons. The normalized spacial score (nSPS) is 10.9. The minimum atomic E-state index is -0.187. The van der Waals surface area contributed by atoms with Crippen LogP contribution < -0.4 is 5.73 Å². The predicted octanol–water partition coefficient (Wildman–Crippen LogP) is 3.41. The second-order valence-electron chi connectivity index (χ2n) is 4.36. The number of nitrogen functional groups attached to an aromatic ring is 1. The van der Waals surface area contributed by atoms with Gasteiger partial charge in [-0.05, 0) is 29.8 Å². The van der Waals surface area contributed by atoms with Crippen molar-refractivity contribution in [1.82, 2.24) is 4.57 Å². The van der Waals surface area contributed by atoms with Crippen molar-refractivity contribution in [3.05, 3.63) is 66.1 Å². The topological polar surface area (TPSA) is 30.9 Å². The highest BCUT2D eigenvalue weighted by molar-refractivity contribution is 5.80. The van der Waals surface area contributed by atoms with Crippen LogP contribution in [0.4, 0.5) is 10.1 Å². The molecule has 0 aliphatic heterocycles. The van der Waals surface area contributed by atoms with Gasteiger partial charge >= 0.3 is 0 Å². The summed E-state index contributed by atoms with van der Waals surface area (Å²) in [7, 11) is 0. The summed E-state index contributed by atoms with van der Waals surface area (Å²) in [6.45, 7) is 0.644. The Morgan fingerprint density at radius 3 is 2.56 bits per heavy atom. The minimum absolute atomic E-state index is 0.187. The van der Waals surface area contributed by atoms with Crippen LogP contribution in [0.25, 0.3) is 10.9 Å². The molecular weight excluding hydrogens is 227 g/mol. The molecule has 2 N–H and O–H groups in total. The van der Waals surface area contributed by atoms with Crippen molar-refractivity contribution >= 4 is 16.6 Å². The van der Waals surface area contributed by atoms with E-state index in [1.807, 2.05) is 47.2 Å². The quantitative estimate of drug-likeness (QED) is 0.684. The van der Waals surface area contributed by atoms with E-state index in [-0.39, 0.29) is 5.82 Å². The molecule has 1 heterocycles. The monoisotopic (exact) mass is 240 g/mol. The van der Waals surface area contributed by atoms with Gasteiger partial charge in [0.05, 0.1) is 5.52 Å². The Bertz CT molecular complexity index is 683. The second-order valence-corrected chi connectivity index (χ2v) is 4.36. The molecule has 3 rings (SSSR count). The van der Waals surface area contributed by atoms with Crippen LogP contribution in [0.15, 0.2) is 54.7 Å². The van der Waals surface area contributed by atoms with E-state index in [9.17, 15) is 4.39 Å². The van der Waals surface area contributed by atoms with Gasteiger partial charge in [-0.1, -0.05) is 24.3 Å². The van der Waals surface area contributed by atoms with Gasteiger partial charge in [0.15, 0.2) is 0 Å². The molecular formula is C15H13FN2. The SMILES string of the molecule is Nc1ccc(Cn2ccc3cccc(F)c32)cc1. The maximum atomic E-state index is 13.8. The zero-order valence-electron chi connectivity index (χ0n) is 9.81. The van der Waals surface area contributed by atoms with Gasteiger partial charge in [-0.2, -0.15) is 0 Å². The molecule has 2 nitrogen and oxygen atoms in total. The predicted molar refractivity (Wildman–Crippen MR) is 71.9 cm³/mol. The number of nitrogens with two attached hydrogens (primary N) is 1. The smallest absolute Gasteiger partial charge is 0.147 e. The van der Waals surface area contributed by atoms with Crippen molar-refractivity contribution in [1.29, 1.82) is 0 Å². The lowest BCUT2D eigenvalue weighted by Gasteiger charge is -2.06. The third kappa shape index (κ3) is 1.84. The summed E-state index contributed by atoms with van der Waals surface area (Å²) in [4.78, 5) is 0. The Kier molecular flexibility index (Phi) is 2.52. The lowest BCUT2D eigenvalue weighted by molar-refractivity contribution is 0.628. The zero-order valence-corrected chi connectivity index (χ0v) is 9.81. The molecule has 0 aliphatic rings. The maximum Gasteiger partial charge on any atom is 0.147 e. The van der Waals surface area contributed by atoms with Crippen molar-refractivity contribution in [2.45, 2.75) is 6.54 Å². The fraction of sp³-hybridized carbons (Fsp3) is 0.0667. The van der Waals surface area contributed by atoms with E-state index in [0.717, 1.165) is 16.6 Å². The molecule has 3 heteroatoms. The van der Waals surface area contributed by atoms with Gasteiger partial charge in [-0.25, -0.2) is 4.39 Å². The van der Waals surface area contributed by atoms with Crippen molar-refractivity contribution in [2.75, 3.05) is 5.73 Å². The molecule has 0 fully saturated rings. The molecule has 0 atom stereocenters. The van der Waals surface area contributed by atoms with Crippen molar-refractivity contribution < 1.29 is 4.39 Å². The summed E-state index contributed by atoms with van der Waals surface area (Å²) >= 11 is 0. The minimum Gasteiger partial charge on any atom is -0.399 e. The fourth-order valence-corrected chi connectivity index (χ4v) is 2.17. The van der Waals surface area contributed by atoms with Crippen LogP contribution in [0.5, 0.6) is 0 Å². The largest absolute Gasteiger partial charge is 0.399 e. The molecule has 0 bridgehead atoms. The summed E-state index contributed by atoms with van der Waals surface area (Å²) in [6.07, 6.45) is 1.91. The summed E-state index contributed by atoms with van der Waals surface area (Å²) in [6, 6.07) is 14.7. The number of para-hydroxylation sites is 1. The Labute approximate surface area is 104 Å². The Morgan fingerprint density at radius 1 is 1.00 bits per heavy atom. The number of hydrogen-bond donors (Lipinski definition) is 1. The lowest BCUT2D eigenvalue weighted by Crippen LogP contribution is -1.99. The van der Waals surface area contributed by atoms with Crippen LogP contribution >= 0.6 is 0 Å². The average Bonchev–Trinajstić information content (AvgIpc) is 2.77. The average molecular weight is 240 g/mol. The first-order valence-electron chi connectivity index (χ1n) is 5.82. The van der Waals surface area contributed by atoms with Gasteiger partial charge in [0, 0.05) is 23.8 Å². The molecule has 3 aromatic rings. The number of hydrogen-bond acceptors (Lipinski definition) is 1. The molecule has 0 aliphatic carbocycles. The van der Waals surface area contributed by atoms with E-state index < -0.39 is 0 Å². The number of anilines is 1.